The number of benzene rings is 1. The van der Waals surface area contributed by atoms with Gasteiger partial charge in [0.2, 0.25) is 10.0 Å². The highest BCUT2D eigenvalue weighted by Crippen LogP contribution is 2.33. The van der Waals surface area contributed by atoms with Crippen molar-refractivity contribution in [3.05, 3.63) is 28.8 Å². The van der Waals surface area contributed by atoms with E-state index < -0.39 is 10.0 Å². The molecule has 0 unspecified atom stereocenters. The third-order valence-corrected chi connectivity index (χ3v) is 6.55. The van der Waals surface area contributed by atoms with Crippen LogP contribution in [0.15, 0.2) is 17.0 Å². The summed E-state index contributed by atoms with van der Waals surface area (Å²) < 4.78 is 27.7. The minimum Gasteiger partial charge on any atom is -0.207 e. The highest BCUT2D eigenvalue weighted by Gasteiger charge is 2.34. The summed E-state index contributed by atoms with van der Waals surface area (Å²) in [6.07, 6.45) is 2.27. The van der Waals surface area contributed by atoms with Gasteiger partial charge >= 0.3 is 0 Å². The van der Waals surface area contributed by atoms with E-state index in [9.17, 15) is 8.42 Å². The summed E-state index contributed by atoms with van der Waals surface area (Å²) in [6, 6.07) is 3.63. The Morgan fingerprint density at radius 2 is 1.86 bits per heavy atom. The van der Waals surface area contributed by atoms with E-state index in [0.717, 1.165) is 29.5 Å². The van der Waals surface area contributed by atoms with E-state index >= 15 is 0 Å². The van der Waals surface area contributed by atoms with Gasteiger partial charge in [0.25, 0.3) is 0 Å². The maximum atomic E-state index is 13.0. The van der Waals surface area contributed by atoms with Crippen molar-refractivity contribution in [2.75, 3.05) is 6.54 Å². The zero-order valence-electron chi connectivity index (χ0n) is 13.2. The second-order valence-corrected chi connectivity index (χ2v) is 8.42. The number of rotatable bonds is 6. The largest absolute Gasteiger partial charge is 0.243 e. The average molecular weight is 330 g/mol. The van der Waals surface area contributed by atoms with E-state index in [-0.39, 0.29) is 6.04 Å². The van der Waals surface area contributed by atoms with Crippen LogP contribution >= 0.6 is 11.6 Å². The Kier molecular flexibility index (Phi) is 5.01. The van der Waals surface area contributed by atoms with Gasteiger partial charge in [-0.2, -0.15) is 4.31 Å². The molecule has 0 N–H and O–H groups in total. The maximum absolute atomic E-state index is 13.0. The molecular formula is C16H24ClNO2S. The SMILES string of the molecule is Cc1cc(C)c(S(=O)(=O)N(CC2CC2)C(C)C)cc1CCl. The monoisotopic (exact) mass is 329 g/mol. The molecule has 0 spiro atoms. The molecule has 3 nitrogen and oxygen atoms in total. The van der Waals surface area contributed by atoms with Crippen LogP contribution in [0, 0.1) is 19.8 Å². The fourth-order valence-electron chi connectivity index (χ4n) is 2.56. The van der Waals surface area contributed by atoms with Gasteiger partial charge in [0, 0.05) is 18.5 Å². The van der Waals surface area contributed by atoms with Crippen LogP contribution < -0.4 is 0 Å². The lowest BCUT2D eigenvalue weighted by molar-refractivity contribution is 0.341. The molecule has 5 heteroatoms. The number of sulfonamides is 1. The van der Waals surface area contributed by atoms with Crippen molar-refractivity contribution >= 4 is 21.6 Å². The first-order valence-electron chi connectivity index (χ1n) is 7.45. The molecule has 1 fully saturated rings. The summed E-state index contributed by atoms with van der Waals surface area (Å²) in [7, 11) is -3.46. The smallest absolute Gasteiger partial charge is 0.207 e. The number of nitrogens with zero attached hydrogens (tertiary/aromatic N) is 1. The summed E-state index contributed by atoms with van der Waals surface area (Å²) >= 11 is 5.93. The number of halogens is 1. The Morgan fingerprint density at radius 1 is 1.24 bits per heavy atom. The van der Waals surface area contributed by atoms with Gasteiger partial charge in [0.05, 0.1) is 4.90 Å². The zero-order chi connectivity index (χ0) is 15.8. The second-order valence-electron chi connectivity index (χ2n) is 6.29. The number of aryl methyl sites for hydroxylation is 2. The number of hydrogen-bond acceptors (Lipinski definition) is 2. The third kappa shape index (κ3) is 3.61. The molecule has 0 heterocycles. The summed E-state index contributed by atoms with van der Waals surface area (Å²) in [6.45, 7) is 8.32. The van der Waals surface area contributed by atoms with Crippen molar-refractivity contribution in [3.8, 4) is 0 Å². The molecule has 0 amide bonds. The average Bonchev–Trinajstić information content (AvgIpc) is 3.19. The van der Waals surface area contributed by atoms with Gasteiger partial charge in [-0.15, -0.1) is 11.6 Å². The Labute approximate surface area is 133 Å². The van der Waals surface area contributed by atoms with Gasteiger partial charge in [0.15, 0.2) is 0 Å². The topological polar surface area (TPSA) is 37.4 Å². The molecule has 0 saturated heterocycles. The second kappa shape index (κ2) is 6.27. The molecule has 0 aromatic heterocycles. The van der Waals surface area contributed by atoms with Crippen LogP contribution in [-0.2, 0) is 15.9 Å². The molecule has 0 bridgehead atoms. The van der Waals surface area contributed by atoms with Crippen LogP contribution in [-0.4, -0.2) is 25.3 Å². The van der Waals surface area contributed by atoms with Crippen LogP contribution in [0.25, 0.3) is 0 Å². The molecule has 1 aromatic carbocycles. The van der Waals surface area contributed by atoms with E-state index in [0.29, 0.717) is 23.2 Å². The Balaban J connectivity index is 2.45. The number of hydrogen-bond donors (Lipinski definition) is 0. The van der Waals surface area contributed by atoms with Crippen molar-refractivity contribution in [1.82, 2.24) is 4.31 Å². The van der Waals surface area contributed by atoms with Crippen molar-refractivity contribution in [1.29, 1.82) is 0 Å². The first-order valence-corrected chi connectivity index (χ1v) is 9.42. The van der Waals surface area contributed by atoms with Gasteiger partial charge in [-0.1, -0.05) is 6.07 Å². The van der Waals surface area contributed by atoms with Gasteiger partial charge in [-0.3, -0.25) is 0 Å². The molecule has 1 saturated carbocycles. The highest BCUT2D eigenvalue weighted by atomic mass is 35.5. The molecular weight excluding hydrogens is 306 g/mol. The summed E-state index contributed by atoms with van der Waals surface area (Å²) in [4.78, 5) is 0.401. The van der Waals surface area contributed by atoms with Gasteiger partial charge in [-0.25, -0.2) is 8.42 Å². The van der Waals surface area contributed by atoms with Crippen LogP contribution in [0.2, 0.25) is 0 Å². The van der Waals surface area contributed by atoms with Gasteiger partial charge in [-0.05, 0) is 69.2 Å². The molecule has 1 aliphatic carbocycles. The predicted molar refractivity (Wildman–Crippen MR) is 87.2 cm³/mol. The van der Waals surface area contributed by atoms with Crippen LogP contribution in [0.3, 0.4) is 0 Å². The van der Waals surface area contributed by atoms with Crippen LogP contribution in [0.1, 0.15) is 43.4 Å². The van der Waals surface area contributed by atoms with Crippen molar-refractivity contribution in [2.24, 2.45) is 5.92 Å². The van der Waals surface area contributed by atoms with E-state index in [4.69, 9.17) is 11.6 Å². The lowest BCUT2D eigenvalue weighted by atomic mass is 10.1. The first kappa shape index (κ1) is 16.8. The molecule has 0 aliphatic heterocycles. The van der Waals surface area contributed by atoms with Crippen molar-refractivity contribution in [3.63, 3.8) is 0 Å². The first-order chi connectivity index (χ1) is 9.77. The molecule has 2 rings (SSSR count). The van der Waals surface area contributed by atoms with Gasteiger partial charge < -0.3 is 0 Å². The van der Waals surface area contributed by atoms with E-state index in [1.54, 1.807) is 10.4 Å². The minimum atomic E-state index is -3.46. The quantitative estimate of drug-likeness (QED) is 0.743. The molecule has 118 valence electrons. The molecule has 21 heavy (non-hydrogen) atoms. The summed E-state index contributed by atoms with van der Waals surface area (Å²) in [5.41, 5.74) is 2.72. The molecule has 1 aliphatic rings. The molecule has 0 atom stereocenters. The van der Waals surface area contributed by atoms with Crippen molar-refractivity contribution < 1.29 is 8.42 Å². The lowest BCUT2D eigenvalue weighted by Crippen LogP contribution is -2.38. The third-order valence-electron chi connectivity index (χ3n) is 4.08. The number of alkyl halides is 1. The van der Waals surface area contributed by atoms with Crippen LogP contribution in [0.4, 0.5) is 0 Å². The fraction of sp³-hybridized carbons (Fsp3) is 0.625. The summed E-state index contributed by atoms with van der Waals surface area (Å²) in [5, 5.41) is 0. The normalized spacial score (nSPS) is 16.0. The van der Waals surface area contributed by atoms with Gasteiger partial charge in [0.1, 0.15) is 0 Å². The summed E-state index contributed by atoms with van der Waals surface area (Å²) in [5.74, 6) is 0.860. The van der Waals surface area contributed by atoms with E-state index in [1.165, 1.54) is 0 Å². The Bertz CT molecular complexity index is 621. The highest BCUT2D eigenvalue weighted by molar-refractivity contribution is 7.89. The predicted octanol–water partition coefficient (Wildman–Crippen LogP) is 3.85. The molecule has 0 radical (unpaired) electrons. The Morgan fingerprint density at radius 3 is 2.33 bits per heavy atom. The van der Waals surface area contributed by atoms with E-state index in [2.05, 4.69) is 0 Å². The Hall–Kier alpha value is -0.580. The van der Waals surface area contributed by atoms with Crippen LogP contribution in [0.5, 0.6) is 0 Å². The van der Waals surface area contributed by atoms with Crippen molar-refractivity contribution in [2.45, 2.75) is 57.4 Å². The van der Waals surface area contributed by atoms with E-state index in [1.807, 2.05) is 33.8 Å². The zero-order valence-corrected chi connectivity index (χ0v) is 14.8. The molecule has 1 aromatic rings. The maximum Gasteiger partial charge on any atom is 0.243 e. The fourth-order valence-corrected chi connectivity index (χ4v) is 4.82. The lowest BCUT2D eigenvalue weighted by Gasteiger charge is -2.27. The standard InChI is InChI=1S/C16H24ClNO2S/c1-11(2)18(10-14-5-6-14)21(19,20)16-8-15(9-17)12(3)7-13(16)4/h7-8,11,14H,5-6,9-10H2,1-4H3. The minimum absolute atomic E-state index is 0.0317.